The summed E-state index contributed by atoms with van der Waals surface area (Å²) in [4.78, 5) is 0. The predicted molar refractivity (Wildman–Crippen MR) is 66.4 cm³/mol. The minimum Gasteiger partial charge on any atom is -0.396 e. The van der Waals surface area contributed by atoms with E-state index in [4.69, 9.17) is 0 Å². The summed E-state index contributed by atoms with van der Waals surface area (Å²) in [5.74, 6) is 0. The van der Waals surface area contributed by atoms with E-state index in [9.17, 15) is 10.2 Å². The molecule has 0 aromatic carbocycles. The van der Waals surface area contributed by atoms with Crippen molar-refractivity contribution in [3.63, 3.8) is 0 Å². The van der Waals surface area contributed by atoms with Crippen molar-refractivity contribution in [2.45, 2.75) is 64.5 Å². The molecule has 3 nitrogen and oxygen atoms in total. The highest BCUT2D eigenvalue weighted by atomic mass is 16.3. The maximum absolute atomic E-state index is 9.55. The molecule has 3 N–H and O–H groups in total. The lowest BCUT2D eigenvalue weighted by molar-refractivity contribution is 0.0759. The molecule has 0 amide bonds. The Hall–Kier alpha value is -0.120. The average Bonchev–Trinajstić information content (AvgIpc) is 2.27. The van der Waals surface area contributed by atoms with Crippen LogP contribution in [0.3, 0.4) is 0 Å². The molecule has 0 spiro atoms. The van der Waals surface area contributed by atoms with E-state index in [1.807, 2.05) is 6.92 Å². The van der Waals surface area contributed by atoms with E-state index in [1.54, 1.807) is 0 Å². The number of nitrogens with one attached hydrogen (secondary N) is 1. The van der Waals surface area contributed by atoms with Crippen molar-refractivity contribution in [1.29, 1.82) is 0 Å². The minimum absolute atomic E-state index is 0.102. The number of hydrogen-bond donors (Lipinski definition) is 3. The van der Waals surface area contributed by atoms with Gasteiger partial charge < -0.3 is 15.5 Å². The lowest BCUT2D eigenvalue weighted by Gasteiger charge is -2.36. The molecule has 1 rings (SSSR count). The average molecular weight is 229 g/mol. The van der Waals surface area contributed by atoms with E-state index < -0.39 is 0 Å². The minimum atomic E-state index is -0.251. The van der Waals surface area contributed by atoms with Crippen LogP contribution in [0.15, 0.2) is 0 Å². The van der Waals surface area contributed by atoms with Gasteiger partial charge in [0, 0.05) is 24.6 Å². The smallest absolute Gasteiger partial charge is 0.0526 e. The first-order chi connectivity index (χ1) is 7.58. The van der Waals surface area contributed by atoms with Crippen LogP contribution in [-0.2, 0) is 0 Å². The van der Waals surface area contributed by atoms with Gasteiger partial charge in [-0.15, -0.1) is 0 Å². The van der Waals surface area contributed by atoms with Gasteiger partial charge in [0.25, 0.3) is 0 Å². The summed E-state index contributed by atoms with van der Waals surface area (Å²) in [5.41, 5.74) is 0.102. The zero-order chi connectivity index (χ0) is 12.0. The molecule has 1 aliphatic carbocycles. The summed E-state index contributed by atoms with van der Waals surface area (Å²) >= 11 is 0. The largest absolute Gasteiger partial charge is 0.396 e. The van der Waals surface area contributed by atoms with E-state index in [-0.39, 0.29) is 11.5 Å². The Morgan fingerprint density at radius 2 is 1.81 bits per heavy atom. The molecule has 0 heterocycles. The van der Waals surface area contributed by atoms with Gasteiger partial charge in [0.1, 0.15) is 0 Å². The summed E-state index contributed by atoms with van der Waals surface area (Å²) in [6, 6.07) is 0.324. The Kier molecular flexibility index (Phi) is 5.73. The van der Waals surface area contributed by atoms with E-state index in [0.29, 0.717) is 12.6 Å². The fourth-order valence-electron chi connectivity index (χ4n) is 2.68. The lowest BCUT2D eigenvalue weighted by Crippen LogP contribution is -2.43. The first-order valence-electron chi connectivity index (χ1n) is 6.60. The second-order valence-corrected chi connectivity index (χ2v) is 5.59. The molecule has 0 radical (unpaired) electrons. The van der Waals surface area contributed by atoms with Gasteiger partial charge >= 0.3 is 0 Å². The van der Waals surface area contributed by atoms with Crippen LogP contribution < -0.4 is 5.32 Å². The topological polar surface area (TPSA) is 52.5 Å². The zero-order valence-electron chi connectivity index (χ0n) is 10.7. The molecular weight excluding hydrogens is 202 g/mol. The van der Waals surface area contributed by atoms with Crippen molar-refractivity contribution in [2.24, 2.45) is 5.41 Å². The monoisotopic (exact) mass is 229 g/mol. The van der Waals surface area contributed by atoms with Crippen LogP contribution in [0, 0.1) is 5.41 Å². The molecule has 1 aliphatic rings. The highest BCUT2D eigenvalue weighted by Crippen LogP contribution is 2.35. The van der Waals surface area contributed by atoms with Crippen LogP contribution in [0.25, 0.3) is 0 Å². The Morgan fingerprint density at radius 1 is 1.19 bits per heavy atom. The molecule has 0 aliphatic heterocycles. The number of hydrogen-bond acceptors (Lipinski definition) is 3. The van der Waals surface area contributed by atoms with E-state index in [1.165, 1.54) is 19.3 Å². The number of rotatable bonds is 6. The quantitative estimate of drug-likeness (QED) is 0.649. The van der Waals surface area contributed by atoms with Crippen molar-refractivity contribution >= 4 is 0 Å². The van der Waals surface area contributed by atoms with Gasteiger partial charge in [-0.3, -0.25) is 0 Å². The molecule has 3 heteroatoms. The molecule has 2 unspecified atom stereocenters. The second-order valence-electron chi connectivity index (χ2n) is 5.59. The third-order valence-corrected chi connectivity index (χ3v) is 3.77. The normalized spacial score (nSPS) is 24.0. The Bertz CT molecular complexity index is 188. The van der Waals surface area contributed by atoms with Crippen LogP contribution in [0.2, 0.25) is 0 Å². The molecule has 2 atom stereocenters. The van der Waals surface area contributed by atoms with Crippen LogP contribution in [0.1, 0.15) is 52.4 Å². The standard InChI is InChI=1S/C13H27NO2/c1-11(8-12(2)16)14-9-13(10-15)6-4-3-5-7-13/h11-12,14-16H,3-10H2,1-2H3. The van der Waals surface area contributed by atoms with E-state index in [2.05, 4.69) is 12.2 Å². The SMILES string of the molecule is CC(O)CC(C)NCC1(CO)CCCCC1. The Morgan fingerprint density at radius 3 is 2.31 bits per heavy atom. The Balaban J connectivity index is 2.32. The van der Waals surface area contributed by atoms with Crippen molar-refractivity contribution in [2.75, 3.05) is 13.2 Å². The molecule has 1 fully saturated rings. The van der Waals surface area contributed by atoms with E-state index in [0.717, 1.165) is 25.8 Å². The van der Waals surface area contributed by atoms with Crippen LogP contribution in [0.5, 0.6) is 0 Å². The molecule has 0 saturated heterocycles. The summed E-state index contributed by atoms with van der Waals surface area (Å²) in [6.45, 7) is 5.10. The first-order valence-corrected chi connectivity index (χ1v) is 6.60. The van der Waals surface area contributed by atoms with Gasteiger partial charge in [-0.05, 0) is 33.1 Å². The second kappa shape index (κ2) is 6.58. The third kappa shape index (κ3) is 4.40. The Labute approximate surface area is 99.3 Å². The zero-order valence-corrected chi connectivity index (χ0v) is 10.7. The van der Waals surface area contributed by atoms with Gasteiger partial charge in [0.2, 0.25) is 0 Å². The molecule has 0 bridgehead atoms. The van der Waals surface area contributed by atoms with Crippen LogP contribution in [0.4, 0.5) is 0 Å². The number of aliphatic hydroxyl groups excluding tert-OH is 2. The summed E-state index contributed by atoms with van der Waals surface area (Å²) in [7, 11) is 0. The molecular formula is C13H27NO2. The number of aliphatic hydroxyl groups is 2. The van der Waals surface area contributed by atoms with Gasteiger partial charge in [-0.2, -0.15) is 0 Å². The predicted octanol–water partition coefficient (Wildman–Crippen LogP) is 1.68. The summed E-state index contributed by atoms with van der Waals surface area (Å²) < 4.78 is 0. The molecule has 96 valence electrons. The summed E-state index contributed by atoms with van der Waals surface area (Å²) in [5, 5.41) is 22.3. The van der Waals surface area contributed by atoms with Crippen molar-refractivity contribution in [3.05, 3.63) is 0 Å². The van der Waals surface area contributed by atoms with Gasteiger partial charge in [0.15, 0.2) is 0 Å². The summed E-state index contributed by atoms with van der Waals surface area (Å²) in [6.07, 6.45) is 6.60. The molecule has 0 aromatic heterocycles. The van der Waals surface area contributed by atoms with Gasteiger partial charge in [0.05, 0.1) is 6.10 Å². The first kappa shape index (κ1) is 13.9. The lowest BCUT2D eigenvalue weighted by atomic mass is 9.74. The van der Waals surface area contributed by atoms with E-state index >= 15 is 0 Å². The maximum Gasteiger partial charge on any atom is 0.0526 e. The van der Waals surface area contributed by atoms with Crippen LogP contribution >= 0.6 is 0 Å². The third-order valence-electron chi connectivity index (χ3n) is 3.77. The maximum atomic E-state index is 9.55. The highest BCUT2D eigenvalue weighted by molar-refractivity contribution is 4.85. The van der Waals surface area contributed by atoms with Gasteiger partial charge in [-0.25, -0.2) is 0 Å². The van der Waals surface area contributed by atoms with Crippen LogP contribution in [-0.4, -0.2) is 35.5 Å². The highest BCUT2D eigenvalue weighted by Gasteiger charge is 2.31. The molecule has 16 heavy (non-hydrogen) atoms. The van der Waals surface area contributed by atoms with Crippen molar-refractivity contribution in [1.82, 2.24) is 5.32 Å². The molecule has 0 aromatic rings. The van der Waals surface area contributed by atoms with Gasteiger partial charge in [-0.1, -0.05) is 19.3 Å². The van der Waals surface area contributed by atoms with Crippen molar-refractivity contribution < 1.29 is 10.2 Å². The van der Waals surface area contributed by atoms with Crippen molar-refractivity contribution in [3.8, 4) is 0 Å². The molecule has 1 saturated carbocycles. The fourth-order valence-corrected chi connectivity index (χ4v) is 2.68. The fraction of sp³-hybridized carbons (Fsp3) is 1.00.